The molecule has 1 saturated heterocycles. The van der Waals surface area contributed by atoms with Crippen LogP contribution in [0.1, 0.15) is 86.5 Å². The maximum Gasteiger partial charge on any atom is 0.408 e. The number of ether oxygens (including phenoxy) is 7. The number of carbonyl (C=O) groups is 3. The highest BCUT2D eigenvalue weighted by molar-refractivity contribution is 5.85. The van der Waals surface area contributed by atoms with Crippen LogP contribution >= 0.6 is 0 Å². The Morgan fingerprint density at radius 2 is 1.80 bits per heavy atom. The quantitative estimate of drug-likeness (QED) is 0.213. The van der Waals surface area contributed by atoms with Crippen molar-refractivity contribution in [2.24, 2.45) is 0 Å². The molecule has 4 aliphatic heterocycles. The Bertz CT molecular complexity index is 1870. The summed E-state index contributed by atoms with van der Waals surface area (Å²) in [6, 6.07) is 1.60. The van der Waals surface area contributed by atoms with Crippen LogP contribution in [0.3, 0.4) is 0 Å². The number of methoxy groups -OCH3 is 2. The van der Waals surface area contributed by atoms with Crippen molar-refractivity contribution in [2.75, 3.05) is 41.4 Å². The first-order valence-electron chi connectivity index (χ1n) is 18.2. The number of nitrogens with one attached hydrogen (secondary N) is 2. The first-order valence-corrected chi connectivity index (χ1v) is 18.2. The minimum Gasteiger partial charge on any atom is -0.493 e. The maximum atomic E-state index is 13.7. The van der Waals surface area contributed by atoms with Gasteiger partial charge in [0.25, 0.3) is 0 Å². The number of amides is 2. The summed E-state index contributed by atoms with van der Waals surface area (Å²) in [7, 11) is 5.21. The average Bonchev–Trinajstić information content (AvgIpc) is 3.56. The number of rotatable bonds is 9. The van der Waals surface area contributed by atoms with Crippen LogP contribution in [0, 0.1) is 25.2 Å². The molecular formula is C39H51N5O10. The smallest absolute Gasteiger partial charge is 0.408 e. The molecule has 0 saturated carbocycles. The number of alkyl carbamates (subject to hydrolysis) is 1. The maximum absolute atomic E-state index is 13.7. The summed E-state index contributed by atoms with van der Waals surface area (Å²) in [6.07, 6.45) is 0.987. The van der Waals surface area contributed by atoms with Gasteiger partial charge in [-0.1, -0.05) is 6.07 Å². The Kier molecular flexibility index (Phi) is 10.9. The third-order valence-corrected chi connectivity index (χ3v) is 10.7. The molecule has 2 bridgehead atoms. The lowest BCUT2D eigenvalue weighted by Crippen LogP contribution is -2.66. The van der Waals surface area contributed by atoms with Gasteiger partial charge in [-0.3, -0.25) is 19.4 Å². The number of carbonyl (C=O) groups excluding carboxylic acids is 3. The minimum absolute atomic E-state index is 0.00636. The van der Waals surface area contributed by atoms with Crippen molar-refractivity contribution in [3.8, 4) is 34.8 Å². The normalized spacial score (nSPS) is 23.4. The number of nitriles is 1. The fourth-order valence-electron chi connectivity index (χ4n) is 8.67. The lowest BCUT2D eigenvalue weighted by molar-refractivity contribution is -0.132. The molecule has 292 valence electrons. The van der Waals surface area contributed by atoms with Gasteiger partial charge in [0.2, 0.25) is 12.7 Å². The predicted molar refractivity (Wildman–Crippen MR) is 195 cm³/mol. The van der Waals surface area contributed by atoms with Crippen LogP contribution in [0.5, 0.6) is 28.7 Å². The average molecular weight is 750 g/mol. The second-order valence-corrected chi connectivity index (χ2v) is 15.3. The molecule has 0 spiro atoms. The largest absolute Gasteiger partial charge is 0.493 e. The Morgan fingerprint density at radius 3 is 2.44 bits per heavy atom. The van der Waals surface area contributed by atoms with Gasteiger partial charge in [-0.05, 0) is 79.0 Å². The zero-order valence-corrected chi connectivity index (χ0v) is 32.7. The second kappa shape index (κ2) is 15.2. The van der Waals surface area contributed by atoms with E-state index in [-0.39, 0.29) is 32.2 Å². The molecule has 15 nitrogen and oxygen atoms in total. The second-order valence-electron chi connectivity index (χ2n) is 15.3. The van der Waals surface area contributed by atoms with E-state index < -0.39 is 47.7 Å². The molecule has 0 aromatic heterocycles. The molecule has 2 aromatic rings. The van der Waals surface area contributed by atoms with Crippen LogP contribution in [-0.4, -0.2) is 98.9 Å². The zero-order chi connectivity index (χ0) is 39.2. The van der Waals surface area contributed by atoms with E-state index in [1.165, 1.54) is 6.92 Å². The Balaban J connectivity index is 1.53. The van der Waals surface area contributed by atoms with Gasteiger partial charge in [-0.15, -0.1) is 0 Å². The number of likely N-dealkylation sites (N-methyl/N-ethyl adjacent to an activating group) is 1. The summed E-state index contributed by atoms with van der Waals surface area (Å²) >= 11 is 0. The molecule has 0 aliphatic carbocycles. The van der Waals surface area contributed by atoms with Crippen LogP contribution in [0.15, 0.2) is 6.07 Å². The van der Waals surface area contributed by atoms with E-state index in [2.05, 4.69) is 32.6 Å². The number of fused-ring (bicyclic) bond motifs is 9. The van der Waals surface area contributed by atoms with Gasteiger partial charge in [0.15, 0.2) is 29.8 Å². The molecular weight excluding hydrogens is 698 g/mol. The van der Waals surface area contributed by atoms with Gasteiger partial charge in [-0.2, -0.15) is 5.26 Å². The van der Waals surface area contributed by atoms with Crippen molar-refractivity contribution in [1.29, 1.82) is 5.26 Å². The molecule has 54 heavy (non-hydrogen) atoms. The van der Waals surface area contributed by atoms with E-state index in [9.17, 15) is 19.6 Å². The van der Waals surface area contributed by atoms with Crippen molar-refractivity contribution >= 4 is 18.0 Å². The van der Waals surface area contributed by atoms with E-state index in [1.807, 2.05) is 20.9 Å². The first-order chi connectivity index (χ1) is 25.6. The van der Waals surface area contributed by atoms with Gasteiger partial charge >= 0.3 is 12.1 Å². The third kappa shape index (κ3) is 6.98. The lowest BCUT2D eigenvalue weighted by Gasteiger charge is -2.57. The number of aryl methyl sites for hydroxylation is 2. The fourth-order valence-corrected chi connectivity index (χ4v) is 8.67. The van der Waals surface area contributed by atoms with Crippen LogP contribution in [0.2, 0.25) is 0 Å². The standard InChI is InChI=1S/C39H51N5O10/c1-19-13-23-11-12-25-27(15-40)44-26(31(43(25)8)29(23)35(32(19)49-10)50-17-48-9)14-24-30(36-34(51-18-52-36)20(2)33(24)53-22(4)45)28(44)16-41-37(46)21(3)42-38(47)54-39(5,6)7/h13,21,25-28,31H,11-12,14,16-18H2,1-10H3,(H,41,46)(H,42,47)/t21-,25-,26?,27-,28-,31-/m0/s1. The molecule has 1 fully saturated rings. The van der Waals surface area contributed by atoms with Crippen LogP contribution in [0.25, 0.3) is 0 Å². The Labute approximate surface area is 316 Å². The lowest BCUT2D eigenvalue weighted by atomic mass is 9.76. The zero-order valence-electron chi connectivity index (χ0n) is 32.7. The van der Waals surface area contributed by atoms with Gasteiger partial charge in [0.05, 0.1) is 25.3 Å². The van der Waals surface area contributed by atoms with Gasteiger partial charge in [-0.25, -0.2) is 4.79 Å². The molecule has 4 aliphatic rings. The third-order valence-electron chi connectivity index (χ3n) is 10.7. The number of piperazine rings is 1. The van der Waals surface area contributed by atoms with Crippen molar-refractivity contribution in [3.05, 3.63) is 39.4 Å². The summed E-state index contributed by atoms with van der Waals surface area (Å²) in [5.74, 6) is 1.50. The topological polar surface area (TPSA) is 170 Å². The van der Waals surface area contributed by atoms with Crippen molar-refractivity contribution in [1.82, 2.24) is 20.4 Å². The number of nitrogens with zero attached hydrogens (tertiary/aromatic N) is 3. The summed E-state index contributed by atoms with van der Waals surface area (Å²) < 4.78 is 41.1. The van der Waals surface area contributed by atoms with E-state index in [4.69, 9.17) is 33.2 Å². The molecule has 2 aromatic carbocycles. The summed E-state index contributed by atoms with van der Waals surface area (Å²) in [5, 5.41) is 16.7. The highest BCUT2D eigenvalue weighted by Crippen LogP contribution is 2.58. The molecule has 2 amide bonds. The van der Waals surface area contributed by atoms with Gasteiger partial charge in [0, 0.05) is 54.9 Å². The van der Waals surface area contributed by atoms with Crippen molar-refractivity contribution in [3.63, 3.8) is 0 Å². The molecule has 15 heteroatoms. The molecule has 0 radical (unpaired) electrons. The molecule has 2 N–H and O–H groups in total. The number of benzene rings is 2. The molecule has 4 heterocycles. The van der Waals surface area contributed by atoms with Crippen LogP contribution in [-0.2, 0) is 31.9 Å². The van der Waals surface area contributed by atoms with E-state index in [0.717, 1.165) is 22.3 Å². The molecule has 1 unspecified atom stereocenters. The van der Waals surface area contributed by atoms with E-state index >= 15 is 0 Å². The fraction of sp³-hybridized carbons (Fsp3) is 0.590. The highest BCUT2D eigenvalue weighted by Gasteiger charge is 2.56. The summed E-state index contributed by atoms with van der Waals surface area (Å²) in [5.41, 5.74) is 4.19. The highest BCUT2D eigenvalue weighted by atomic mass is 16.7. The first kappa shape index (κ1) is 38.9. The Hall–Kier alpha value is -4.78. The monoisotopic (exact) mass is 749 g/mol. The minimum atomic E-state index is -0.941. The molecule has 6 rings (SSSR count). The summed E-state index contributed by atoms with van der Waals surface area (Å²) in [6.45, 7) is 11.9. The van der Waals surface area contributed by atoms with E-state index in [1.54, 1.807) is 41.9 Å². The Morgan fingerprint density at radius 1 is 1.07 bits per heavy atom. The number of hydrogen-bond donors (Lipinski definition) is 2. The number of esters is 1. The molecule has 6 atom stereocenters. The van der Waals surface area contributed by atoms with Crippen molar-refractivity contribution < 1.29 is 47.5 Å². The number of hydrogen-bond acceptors (Lipinski definition) is 13. The van der Waals surface area contributed by atoms with Crippen molar-refractivity contribution in [2.45, 2.75) is 110 Å². The van der Waals surface area contributed by atoms with Crippen LogP contribution < -0.4 is 34.3 Å². The van der Waals surface area contributed by atoms with Gasteiger partial charge in [0.1, 0.15) is 23.4 Å². The van der Waals surface area contributed by atoms with E-state index in [0.29, 0.717) is 59.1 Å². The van der Waals surface area contributed by atoms with Gasteiger partial charge < -0.3 is 43.8 Å². The predicted octanol–water partition coefficient (Wildman–Crippen LogP) is 4.14. The summed E-state index contributed by atoms with van der Waals surface area (Å²) in [4.78, 5) is 43.4. The SMILES string of the molecule is COCOc1c(OC)c(C)cc2c1[C@@H]1C3Cc4c(OC(C)=O)c(C)c5c(c4[C@H](CNC(=O)[C@H](C)NC(=O)OC(C)(C)C)N3[C@@H](C#N)[C@H](CC2)N1C)OCO5. The van der Waals surface area contributed by atoms with Crippen LogP contribution in [0.4, 0.5) is 4.79 Å².